The van der Waals surface area contributed by atoms with Gasteiger partial charge in [0.2, 0.25) is 5.75 Å². The Bertz CT molecular complexity index is 860. The van der Waals surface area contributed by atoms with E-state index in [1.165, 1.54) is 40.4 Å². The Hall–Kier alpha value is -3.02. The maximum absolute atomic E-state index is 13.4. The van der Waals surface area contributed by atoms with Crippen molar-refractivity contribution in [1.82, 2.24) is 0 Å². The van der Waals surface area contributed by atoms with Gasteiger partial charge in [-0.05, 0) is 42.5 Å². The minimum atomic E-state index is -1.76. The van der Waals surface area contributed by atoms with Crippen LogP contribution >= 0.6 is 0 Å². The molecule has 0 radical (unpaired) electrons. The molecule has 0 amide bonds. The number of hydrogen-bond donors (Lipinski definition) is 1. The molecule has 2 aromatic rings. The van der Waals surface area contributed by atoms with Crippen molar-refractivity contribution in [2.45, 2.75) is 32.6 Å². The van der Waals surface area contributed by atoms with Gasteiger partial charge in [-0.25, -0.2) is 0 Å². The number of aliphatic carboxylic acids is 1. The molecule has 0 spiro atoms. The van der Waals surface area contributed by atoms with E-state index in [0.29, 0.717) is 17.2 Å². The Morgan fingerprint density at radius 2 is 1.48 bits per heavy atom. The molecule has 0 fully saturated rings. The summed E-state index contributed by atoms with van der Waals surface area (Å²) in [6, 6.07) is 10.1. The molecule has 1 unspecified atom stereocenters. The third-order valence-corrected chi connectivity index (χ3v) is 4.98. The largest absolute Gasteiger partial charge is 0.493 e. The number of carboxylic acids is 1. The van der Waals surface area contributed by atoms with Gasteiger partial charge in [0.25, 0.3) is 0 Å². The van der Waals surface area contributed by atoms with Crippen molar-refractivity contribution < 1.29 is 28.9 Å². The molecule has 1 atom stereocenters. The van der Waals surface area contributed by atoms with E-state index in [-0.39, 0.29) is 17.1 Å². The number of ketones is 1. The number of rotatable bonds is 9. The SMILES string of the molecule is COc1cc(C(=O)C(C)(C(=O)O)c2ccc(CC(C)C)cc2)cc(OC)c1OC. The summed E-state index contributed by atoms with van der Waals surface area (Å²) >= 11 is 0. The van der Waals surface area contributed by atoms with Gasteiger partial charge in [-0.2, -0.15) is 0 Å². The number of carbonyl (C=O) groups is 2. The van der Waals surface area contributed by atoms with E-state index in [2.05, 4.69) is 13.8 Å². The summed E-state index contributed by atoms with van der Waals surface area (Å²) in [5.41, 5.74) is -0.0929. The van der Waals surface area contributed by atoms with Crippen LogP contribution in [0.2, 0.25) is 0 Å². The first-order valence-corrected chi connectivity index (χ1v) is 9.36. The van der Waals surface area contributed by atoms with Crippen LogP contribution in [-0.2, 0) is 16.6 Å². The monoisotopic (exact) mass is 400 g/mol. The van der Waals surface area contributed by atoms with E-state index in [1.807, 2.05) is 12.1 Å². The molecule has 29 heavy (non-hydrogen) atoms. The van der Waals surface area contributed by atoms with Crippen molar-refractivity contribution in [2.75, 3.05) is 21.3 Å². The lowest BCUT2D eigenvalue weighted by molar-refractivity contribution is -0.141. The summed E-state index contributed by atoms with van der Waals surface area (Å²) < 4.78 is 15.9. The van der Waals surface area contributed by atoms with Gasteiger partial charge in [0.15, 0.2) is 22.7 Å². The minimum absolute atomic E-state index is 0.163. The van der Waals surface area contributed by atoms with Crippen LogP contribution in [0.3, 0.4) is 0 Å². The van der Waals surface area contributed by atoms with Gasteiger partial charge >= 0.3 is 5.97 Å². The Morgan fingerprint density at radius 3 is 1.86 bits per heavy atom. The lowest BCUT2D eigenvalue weighted by atomic mass is 9.75. The lowest BCUT2D eigenvalue weighted by Gasteiger charge is -2.25. The number of carboxylic acid groups (broad SMARTS) is 1. The molecule has 0 aliphatic heterocycles. The Morgan fingerprint density at radius 1 is 0.966 bits per heavy atom. The van der Waals surface area contributed by atoms with Crippen LogP contribution in [0, 0.1) is 5.92 Å². The van der Waals surface area contributed by atoms with Crippen molar-refractivity contribution in [1.29, 1.82) is 0 Å². The predicted octanol–water partition coefficient (Wildman–Crippen LogP) is 4.14. The zero-order valence-corrected chi connectivity index (χ0v) is 17.7. The molecule has 1 N–H and O–H groups in total. The van der Waals surface area contributed by atoms with E-state index in [1.54, 1.807) is 12.1 Å². The van der Waals surface area contributed by atoms with Crippen LogP contribution < -0.4 is 14.2 Å². The van der Waals surface area contributed by atoms with E-state index >= 15 is 0 Å². The molecular formula is C23H28O6. The first-order valence-electron chi connectivity index (χ1n) is 9.36. The van der Waals surface area contributed by atoms with Gasteiger partial charge in [0.1, 0.15) is 0 Å². The van der Waals surface area contributed by atoms with Crippen LogP contribution in [0.4, 0.5) is 0 Å². The second-order valence-corrected chi connectivity index (χ2v) is 7.47. The Labute approximate surface area is 171 Å². The van der Waals surface area contributed by atoms with Gasteiger partial charge in [-0.1, -0.05) is 38.1 Å². The summed E-state index contributed by atoms with van der Waals surface area (Å²) in [4.78, 5) is 25.6. The third-order valence-electron chi connectivity index (χ3n) is 4.98. The van der Waals surface area contributed by atoms with E-state index in [9.17, 15) is 14.7 Å². The average Bonchev–Trinajstić information content (AvgIpc) is 2.71. The van der Waals surface area contributed by atoms with Gasteiger partial charge in [-0.3, -0.25) is 9.59 Å². The van der Waals surface area contributed by atoms with Crippen molar-refractivity contribution in [3.8, 4) is 17.2 Å². The molecular weight excluding hydrogens is 372 g/mol. The predicted molar refractivity (Wildman–Crippen MR) is 110 cm³/mol. The molecule has 156 valence electrons. The molecule has 0 aromatic heterocycles. The topological polar surface area (TPSA) is 82.1 Å². The van der Waals surface area contributed by atoms with Crippen LogP contribution in [-0.4, -0.2) is 38.2 Å². The Balaban J connectivity index is 2.55. The van der Waals surface area contributed by atoms with Crippen LogP contribution in [0.25, 0.3) is 0 Å². The molecule has 6 nitrogen and oxygen atoms in total. The minimum Gasteiger partial charge on any atom is -0.493 e. The van der Waals surface area contributed by atoms with Crippen molar-refractivity contribution >= 4 is 11.8 Å². The number of methoxy groups -OCH3 is 3. The van der Waals surface area contributed by atoms with E-state index in [4.69, 9.17) is 14.2 Å². The summed E-state index contributed by atoms with van der Waals surface area (Å²) in [6.45, 7) is 5.64. The molecule has 2 aromatic carbocycles. The van der Waals surface area contributed by atoms with Crippen LogP contribution in [0.1, 0.15) is 42.3 Å². The molecule has 6 heteroatoms. The fourth-order valence-electron chi connectivity index (χ4n) is 3.30. The normalized spacial score (nSPS) is 12.9. The standard InChI is InChI=1S/C23H28O6/c1-14(2)11-15-7-9-17(10-8-15)23(3,22(25)26)21(24)16-12-18(27-4)20(29-6)19(13-16)28-5/h7-10,12-14H,11H2,1-6H3,(H,25,26). The number of Topliss-reactive ketones (excluding diaryl/α,β-unsaturated/α-hetero) is 1. The maximum atomic E-state index is 13.4. The summed E-state index contributed by atoms with van der Waals surface area (Å²) in [5.74, 6) is -0.409. The van der Waals surface area contributed by atoms with Crippen LogP contribution in [0.15, 0.2) is 36.4 Å². The molecule has 0 bridgehead atoms. The number of carbonyl (C=O) groups excluding carboxylic acids is 1. The summed E-state index contributed by atoms with van der Waals surface area (Å²) in [5, 5.41) is 9.98. The number of ether oxygens (including phenoxy) is 3. The van der Waals surface area contributed by atoms with E-state index < -0.39 is 17.2 Å². The quantitative estimate of drug-likeness (QED) is 0.503. The molecule has 0 saturated carbocycles. The van der Waals surface area contributed by atoms with Crippen LogP contribution in [0.5, 0.6) is 17.2 Å². The highest BCUT2D eigenvalue weighted by Gasteiger charge is 2.44. The number of benzene rings is 2. The fraction of sp³-hybridized carbons (Fsp3) is 0.391. The molecule has 0 aliphatic rings. The molecule has 0 saturated heterocycles. The smallest absolute Gasteiger partial charge is 0.321 e. The van der Waals surface area contributed by atoms with Crippen molar-refractivity contribution in [3.63, 3.8) is 0 Å². The van der Waals surface area contributed by atoms with Gasteiger partial charge in [0.05, 0.1) is 21.3 Å². The molecule has 2 rings (SSSR count). The van der Waals surface area contributed by atoms with Crippen molar-refractivity contribution in [2.24, 2.45) is 5.92 Å². The molecule has 0 aliphatic carbocycles. The highest BCUT2D eigenvalue weighted by Crippen LogP contribution is 2.40. The molecule has 0 heterocycles. The van der Waals surface area contributed by atoms with Gasteiger partial charge in [-0.15, -0.1) is 0 Å². The fourth-order valence-corrected chi connectivity index (χ4v) is 3.30. The summed E-state index contributed by atoms with van der Waals surface area (Å²) in [7, 11) is 4.34. The van der Waals surface area contributed by atoms with Crippen molar-refractivity contribution in [3.05, 3.63) is 53.1 Å². The van der Waals surface area contributed by atoms with Gasteiger partial charge < -0.3 is 19.3 Å². The van der Waals surface area contributed by atoms with Gasteiger partial charge in [0, 0.05) is 5.56 Å². The first kappa shape index (κ1) is 22.3. The lowest BCUT2D eigenvalue weighted by Crippen LogP contribution is -2.41. The Kier molecular flexibility index (Phi) is 6.90. The zero-order chi connectivity index (χ0) is 21.8. The number of hydrogen-bond acceptors (Lipinski definition) is 5. The summed E-state index contributed by atoms with van der Waals surface area (Å²) in [6.07, 6.45) is 0.880. The van der Waals surface area contributed by atoms with E-state index in [0.717, 1.165) is 12.0 Å². The highest BCUT2D eigenvalue weighted by molar-refractivity contribution is 6.16. The zero-order valence-electron chi connectivity index (χ0n) is 17.7. The second-order valence-electron chi connectivity index (χ2n) is 7.47. The maximum Gasteiger partial charge on any atom is 0.321 e. The average molecular weight is 400 g/mol. The first-order chi connectivity index (χ1) is 13.7. The third kappa shape index (κ3) is 4.36. The highest BCUT2D eigenvalue weighted by atomic mass is 16.5. The second kappa shape index (κ2) is 8.99.